The smallest absolute Gasteiger partial charge is 0.241 e. The largest absolute Gasteiger partial charge is 0.351 e. The van der Waals surface area contributed by atoms with E-state index in [1.807, 2.05) is 0 Å². The summed E-state index contributed by atoms with van der Waals surface area (Å²) in [4.78, 5) is 12.4. The predicted octanol–water partition coefficient (Wildman–Crippen LogP) is 1.17. The van der Waals surface area contributed by atoms with Crippen LogP contribution in [0.2, 0.25) is 0 Å². The van der Waals surface area contributed by atoms with Crippen molar-refractivity contribution in [2.45, 2.75) is 24.1 Å². The zero-order valence-electron chi connectivity index (χ0n) is 12.6. The lowest BCUT2D eigenvalue weighted by molar-refractivity contribution is -0.124. The highest BCUT2D eigenvalue weighted by molar-refractivity contribution is 7.92. The van der Waals surface area contributed by atoms with Gasteiger partial charge in [0.05, 0.1) is 0 Å². The molecule has 2 rings (SSSR count). The second-order valence-corrected chi connectivity index (χ2v) is 7.76. The summed E-state index contributed by atoms with van der Waals surface area (Å²) in [6.45, 7) is 0.659. The van der Waals surface area contributed by atoms with Gasteiger partial charge >= 0.3 is 0 Å². The second kappa shape index (κ2) is 7.55. The number of hydrogen-bond donors (Lipinski definition) is 2. The van der Waals surface area contributed by atoms with Crippen molar-refractivity contribution >= 4 is 28.2 Å². The van der Waals surface area contributed by atoms with Crippen LogP contribution >= 0.6 is 12.4 Å². The van der Waals surface area contributed by atoms with Crippen molar-refractivity contribution in [3.05, 3.63) is 35.4 Å². The Kier molecular flexibility index (Phi) is 6.49. The van der Waals surface area contributed by atoms with E-state index in [0.29, 0.717) is 13.1 Å². The van der Waals surface area contributed by atoms with Crippen molar-refractivity contribution in [2.75, 3.05) is 19.3 Å². The third-order valence-electron chi connectivity index (χ3n) is 3.99. The van der Waals surface area contributed by atoms with E-state index in [2.05, 4.69) is 10.6 Å². The monoisotopic (exact) mass is 368 g/mol. The summed E-state index contributed by atoms with van der Waals surface area (Å²) in [5.74, 6) is -2.13. The van der Waals surface area contributed by atoms with E-state index in [4.69, 9.17) is 0 Å². The minimum absolute atomic E-state index is 0. The molecular weight excluding hydrogens is 350 g/mol. The molecule has 1 amide bonds. The summed E-state index contributed by atoms with van der Waals surface area (Å²) >= 11 is 0. The Morgan fingerprint density at radius 3 is 2.43 bits per heavy atom. The van der Waals surface area contributed by atoms with Crippen LogP contribution in [0.15, 0.2) is 18.2 Å². The number of carbonyl (C=O) groups is 1. The average Bonchev–Trinajstić information content (AvgIpc) is 2.45. The number of benzene rings is 1. The van der Waals surface area contributed by atoms with Gasteiger partial charge in [0.15, 0.2) is 14.6 Å². The molecule has 0 saturated carbocycles. The summed E-state index contributed by atoms with van der Waals surface area (Å²) in [6.07, 6.45) is 1.38. The van der Waals surface area contributed by atoms with E-state index in [1.165, 1.54) is 6.07 Å². The number of piperidine rings is 1. The minimum Gasteiger partial charge on any atom is -0.351 e. The maximum absolute atomic E-state index is 13.6. The molecule has 0 spiro atoms. The van der Waals surface area contributed by atoms with Gasteiger partial charge in [-0.2, -0.15) is 0 Å². The Morgan fingerprint density at radius 2 is 1.91 bits per heavy atom. The number of nitrogens with one attached hydrogen (secondary N) is 2. The Hall–Kier alpha value is -1.25. The number of amides is 1. The zero-order chi connectivity index (χ0) is 16.4. The van der Waals surface area contributed by atoms with Crippen molar-refractivity contribution in [1.29, 1.82) is 0 Å². The fourth-order valence-corrected chi connectivity index (χ4v) is 3.95. The fourth-order valence-electron chi connectivity index (χ4n) is 2.60. The topological polar surface area (TPSA) is 75.3 Å². The van der Waals surface area contributed by atoms with Crippen LogP contribution in [0.25, 0.3) is 0 Å². The highest BCUT2D eigenvalue weighted by Gasteiger charge is 2.48. The van der Waals surface area contributed by atoms with Gasteiger partial charge in [-0.1, -0.05) is 6.07 Å². The Bertz CT molecular complexity index is 677. The van der Waals surface area contributed by atoms with Crippen LogP contribution in [0.4, 0.5) is 8.78 Å². The normalized spacial score (nSPS) is 17.2. The summed E-state index contributed by atoms with van der Waals surface area (Å²) < 4.78 is 49.0. The lowest BCUT2D eigenvalue weighted by Crippen LogP contribution is -2.57. The van der Waals surface area contributed by atoms with Gasteiger partial charge in [0.2, 0.25) is 5.91 Å². The molecular formula is C14H19ClF2N2O3S. The summed E-state index contributed by atoms with van der Waals surface area (Å²) in [7, 11) is -3.61. The standard InChI is InChI=1S/C14H18F2N2O3S.ClH/c1-22(20,21)14(4-6-17-7-5-14)13(19)18-9-10-2-3-11(15)8-12(10)16;/h2-3,8,17H,4-7,9H2,1H3,(H,18,19);1H. The molecule has 1 fully saturated rings. The van der Waals surface area contributed by atoms with Crippen LogP contribution in [0.1, 0.15) is 18.4 Å². The van der Waals surface area contributed by atoms with Gasteiger partial charge in [0.25, 0.3) is 0 Å². The van der Waals surface area contributed by atoms with E-state index in [9.17, 15) is 22.0 Å². The third-order valence-corrected chi connectivity index (χ3v) is 6.00. The molecule has 9 heteroatoms. The SMILES string of the molecule is CS(=O)(=O)C1(C(=O)NCc2ccc(F)cc2F)CCNCC1.Cl. The summed E-state index contributed by atoms with van der Waals surface area (Å²) in [5, 5.41) is 5.48. The molecule has 0 atom stereocenters. The molecule has 0 bridgehead atoms. The summed E-state index contributed by atoms with van der Waals surface area (Å²) in [6, 6.07) is 3.03. The second-order valence-electron chi connectivity index (χ2n) is 5.43. The Balaban J connectivity index is 0.00000264. The molecule has 1 aromatic rings. The average molecular weight is 369 g/mol. The summed E-state index contributed by atoms with van der Waals surface area (Å²) in [5.41, 5.74) is 0.104. The first kappa shape index (κ1) is 19.8. The van der Waals surface area contributed by atoms with Gasteiger partial charge in [-0.25, -0.2) is 17.2 Å². The zero-order valence-corrected chi connectivity index (χ0v) is 14.2. The van der Waals surface area contributed by atoms with Crippen molar-refractivity contribution in [3.8, 4) is 0 Å². The maximum Gasteiger partial charge on any atom is 0.241 e. The van der Waals surface area contributed by atoms with Gasteiger partial charge in [0.1, 0.15) is 11.6 Å². The Labute approximate surface area is 140 Å². The fraction of sp³-hybridized carbons (Fsp3) is 0.500. The first-order chi connectivity index (χ1) is 10.3. The molecule has 0 aliphatic carbocycles. The predicted molar refractivity (Wildman–Crippen MR) is 85.1 cm³/mol. The maximum atomic E-state index is 13.6. The molecule has 130 valence electrons. The molecule has 0 unspecified atom stereocenters. The molecule has 1 aliphatic heterocycles. The number of halogens is 3. The molecule has 0 aromatic heterocycles. The van der Waals surface area contributed by atoms with E-state index in [-0.39, 0.29) is 37.4 Å². The van der Waals surface area contributed by atoms with E-state index in [1.54, 1.807) is 0 Å². The number of sulfone groups is 1. The lowest BCUT2D eigenvalue weighted by atomic mass is 9.95. The van der Waals surface area contributed by atoms with Gasteiger partial charge < -0.3 is 10.6 Å². The van der Waals surface area contributed by atoms with E-state index in [0.717, 1.165) is 18.4 Å². The first-order valence-electron chi connectivity index (χ1n) is 6.89. The van der Waals surface area contributed by atoms with E-state index < -0.39 is 32.1 Å². The van der Waals surface area contributed by atoms with Crippen molar-refractivity contribution < 1.29 is 22.0 Å². The molecule has 23 heavy (non-hydrogen) atoms. The van der Waals surface area contributed by atoms with Gasteiger partial charge in [-0.15, -0.1) is 12.4 Å². The van der Waals surface area contributed by atoms with Crippen LogP contribution in [-0.4, -0.2) is 38.4 Å². The van der Waals surface area contributed by atoms with Crippen molar-refractivity contribution in [1.82, 2.24) is 10.6 Å². The number of rotatable bonds is 4. The van der Waals surface area contributed by atoms with Crippen LogP contribution in [0.3, 0.4) is 0 Å². The lowest BCUT2D eigenvalue weighted by Gasteiger charge is -2.34. The molecule has 1 aromatic carbocycles. The number of hydrogen-bond acceptors (Lipinski definition) is 4. The first-order valence-corrected chi connectivity index (χ1v) is 8.78. The van der Waals surface area contributed by atoms with Crippen LogP contribution in [-0.2, 0) is 21.2 Å². The molecule has 1 saturated heterocycles. The Morgan fingerprint density at radius 1 is 1.30 bits per heavy atom. The van der Waals surface area contributed by atoms with E-state index >= 15 is 0 Å². The molecule has 5 nitrogen and oxygen atoms in total. The highest BCUT2D eigenvalue weighted by atomic mass is 35.5. The molecule has 1 aliphatic rings. The highest BCUT2D eigenvalue weighted by Crippen LogP contribution is 2.28. The minimum atomic E-state index is -3.61. The quantitative estimate of drug-likeness (QED) is 0.836. The molecule has 1 heterocycles. The molecule has 0 radical (unpaired) electrons. The molecule has 2 N–H and O–H groups in total. The van der Waals surface area contributed by atoms with Gasteiger partial charge in [-0.05, 0) is 32.0 Å². The van der Waals surface area contributed by atoms with Crippen LogP contribution in [0.5, 0.6) is 0 Å². The number of carbonyl (C=O) groups excluding carboxylic acids is 1. The van der Waals surface area contributed by atoms with Crippen LogP contribution in [0, 0.1) is 11.6 Å². The van der Waals surface area contributed by atoms with Crippen molar-refractivity contribution in [2.24, 2.45) is 0 Å². The van der Waals surface area contributed by atoms with Crippen molar-refractivity contribution in [3.63, 3.8) is 0 Å². The third kappa shape index (κ3) is 4.19. The van der Waals surface area contributed by atoms with Gasteiger partial charge in [0, 0.05) is 24.4 Å². The van der Waals surface area contributed by atoms with Crippen LogP contribution < -0.4 is 10.6 Å². The van der Waals surface area contributed by atoms with Gasteiger partial charge in [-0.3, -0.25) is 4.79 Å².